The number of aromatic nitrogens is 2. The molecule has 2 aliphatic rings. The van der Waals surface area contributed by atoms with Gasteiger partial charge in [0.2, 0.25) is 5.88 Å². The average molecular weight is 331 g/mol. The zero-order valence-electron chi connectivity index (χ0n) is 13.2. The summed E-state index contributed by atoms with van der Waals surface area (Å²) < 4.78 is 5.82. The van der Waals surface area contributed by atoms with Crippen LogP contribution in [0.4, 0.5) is 0 Å². The van der Waals surface area contributed by atoms with E-state index in [1.165, 1.54) is 29.7 Å². The molecule has 0 unspecified atom stereocenters. The number of thiophene rings is 1. The highest BCUT2D eigenvalue weighted by atomic mass is 32.1. The number of carbonyl (C=O) groups excluding carboxylic acids is 1. The Morgan fingerprint density at radius 3 is 2.78 bits per heavy atom. The van der Waals surface area contributed by atoms with E-state index in [1.807, 2.05) is 4.90 Å². The first-order valence-electron chi connectivity index (χ1n) is 8.49. The van der Waals surface area contributed by atoms with E-state index in [2.05, 4.69) is 9.97 Å². The van der Waals surface area contributed by atoms with Crippen LogP contribution in [0.15, 0.2) is 6.33 Å². The lowest BCUT2D eigenvalue weighted by atomic mass is 10.2. The van der Waals surface area contributed by atoms with E-state index in [-0.39, 0.29) is 12.5 Å². The summed E-state index contributed by atoms with van der Waals surface area (Å²) in [6, 6.07) is 0. The van der Waals surface area contributed by atoms with Gasteiger partial charge in [-0.2, -0.15) is 0 Å². The minimum absolute atomic E-state index is 0.0746. The van der Waals surface area contributed by atoms with E-state index < -0.39 is 0 Å². The van der Waals surface area contributed by atoms with Crippen LogP contribution in [-0.2, 0) is 17.6 Å². The highest BCUT2D eigenvalue weighted by Gasteiger charge is 2.23. The summed E-state index contributed by atoms with van der Waals surface area (Å²) >= 11 is 1.74. The Bertz CT molecular complexity index is 720. The van der Waals surface area contributed by atoms with E-state index in [0.29, 0.717) is 5.88 Å². The fourth-order valence-corrected chi connectivity index (χ4v) is 4.77. The molecule has 0 bridgehead atoms. The van der Waals surface area contributed by atoms with Gasteiger partial charge in [0.1, 0.15) is 11.2 Å². The lowest BCUT2D eigenvalue weighted by molar-refractivity contribution is -0.133. The zero-order chi connectivity index (χ0) is 15.6. The van der Waals surface area contributed by atoms with Crippen molar-refractivity contribution in [1.82, 2.24) is 14.9 Å². The molecule has 3 heterocycles. The predicted molar refractivity (Wildman–Crippen MR) is 90.0 cm³/mol. The molecule has 6 heteroatoms. The quantitative estimate of drug-likeness (QED) is 0.868. The number of likely N-dealkylation sites (tertiary alicyclic amines) is 1. The van der Waals surface area contributed by atoms with Crippen LogP contribution < -0.4 is 4.74 Å². The molecule has 1 aliphatic heterocycles. The Hall–Kier alpha value is -1.69. The summed E-state index contributed by atoms with van der Waals surface area (Å²) in [6.45, 7) is 1.79. The maximum absolute atomic E-state index is 12.4. The van der Waals surface area contributed by atoms with Crippen LogP contribution in [0, 0.1) is 0 Å². The number of ether oxygens (including phenoxy) is 1. The molecule has 1 amide bonds. The summed E-state index contributed by atoms with van der Waals surface area (Å²) in [6.07, 6.45) is 9.57. The summed E-state index contributed by atoms with van der Waals surface area (Å²) in [5.41, 5.74) is 1.34. The Morgan fingerprint density at radius 1 is 1.13 bits per heavy atom. The van der Waals surface area contributed by atoms with Crippen molar-refractivity contribution in [3.63, 3.8) is 0 Å². The van der Waals surface area contributed by atoms with Crippen molar-refractivity contribution in [1.29, 1.82) is 0 Å². The topological polar surface area (TPSA) is 55.3 Å². The predicted octanol–water partition coefficient (Wildman–Crippen LogP) is 2.96. The van der Waals surface area contributed by atoms with Crippen molar-refractivity contribution in [2.24, 2.45) is 0 Å². The molecule has 23 heavy (non-hydrogen) atoms. The average Bonchev–Trinajstić information content (AvgIpc) is 3.03. The Balaban J connectivity index is 1.50. The van der Waals surface area contributed by atoms with Crippen LogP contribution in [0.1, 0.15) is 42.5 Å². The van der Waals surface area contributed by atoms with Gasteiger partial charge in [-0.3, -0.25) is 4.79 Å². The van der Waals surface area contributed by atoms with E-state index >= 15 is 0 Å². The van der Waals surface area contributed by atoms with Crippen molar-refractivity contribution >= 4 is 27.5 Å². The fraction of sp³-hybridized carbons (Fsp3) is 0.588. The van der Waals surface area contributed by atoms with Crippen molar-refractivity contribution in [3.8, 4) is 5.88 Å². The molecule has 0 atom stereocenters. The Labute approximate surface area is 139 Å². The molecule has 122 valence electrons. The monoisotopic (exact) mass is 331 g/mol. The first kappa shape index (κ1) is 14.9. The molecule has 2 aromatic rings. The molecule has 0 radical (unpaired) electrons. The SMILES string of the molecule is O=C(COc1ncnc2sc3c(c12)CCC3)N1CCCCCC1. The van der Waals surface area contributed by atoms with Crippen LogP contribution >= 0.6 is 11.3 Å². The summed E-state index contributed by atoms with van der Waals surface area (Å²) in [5.74, 6) is 0.656. The standard InChI is InChI=1S/C17H21N3O2S/c21-14(20-8-3-1-2-4-9-20)10-22-16-15-12-6-5-7-13(12)23-17(15)19-11-18-16/h11H,1-10H2. The van der Waals surface area contributed by atoms with E-state index in [0.717, 1.165) is 49.0 Å². The molecule has 1 saturated heterocycles. The van der Waals surface area contributed by atoms with Gasteiger partial charge in [-0.15, -0.1) is 11.3 Å². The van der Waals surface area contributed by atoms with Crippen LogP contribution in [0.25, 0.3) is 10.2 Å². The minimum Gasteiger partial charge on any atom is -0.467 e. The number of amides is 1. The fourth-order valence-electron chi connectivity index (χ4n) is 3.55. The number of nitrogens with zero attached hydrogens (tertiary/aromatic N) is 3. The molecule has 0 aromatic carbocycles. The lowest BCUT2D eigenvalue weighted by Crippen LogP contribution is -2.35. The molecule has 2 aromatic heterocycles. The Morgan fingerprint density at radius 2 is 1.96 bits per heavy atom. The number of rotatable bonds is 3. The van der Waals surface area contributed by atoms with Gasteiger partial charge in [-0.05, 0) is 37.7 Å². The van der Waals surface area contributed by atoms with Gasteiger partial charge in [0, 0.05) is 18.0 Å². The van der Waals surface area contributed by atoms with Gasteiger partial charge >= 0.3 is 0 Å². The molecule has 0 N–H and O–H groups in total. The molecular formula is C17H21N3O2S. The largest absolute Gasteiger partial charge is 0.467 e. The second-order valence-corrected chi connectivity index (χ2v) is 7.38. The van der Waals surface area contributed by atoms with Crippen molar-refractivity contribution in [2.75, 3.05) is 19.7 Å². The van der Waals surface area contributed by atoms with Gasteiger partial charge in [-0.1, -0.05) is 12.8 Å². The molecule has 0 saturated carbocycles. The third-order valence-corrected chi connectivity index (χ3v) is 5.96. The van der Waals surface area contributed by atoms with Crippen LogP contribution in [-0.4, -0.2) is 40.5 Å². The second kappa shape index (κ2) is 6.43. The molecule has 1 fully saturated rings. The molecule has 4 rings (SSSR count). The summed E-state index contributed by atoms with van der Waals surface area (Å²) in [7, 11) is 0. The first-order chi connectivity index (χ1) is 11.3. The van der Waals surface area contributed by atoms with Crippen LogP contribution in [0.2, 0.25) is 0 Å². The third kappa shape index (κ3) is 2.92. The maximum atomic E-state index is 12.4. The van der Waals surface area contributed by atoms with Gasteiger partial charge in [0.15, 0.2) is 6.61 Å². The lowest BCUT2D eigenvalue weighted by Gasteiger charge is -2.20. The van der Waals surface area contributed by atoms with E-state index in [1.54, 1.807) is 17.7 Å². The Kier molecular flexibility index (Phi) is 4.16. The highest BCUT2D eigenvalue weighted by Crippen LogP contribution is 2.39. The normalized spacial score (nSPS) is 18.0. The number of aryl methyl sites for hydroxylation is 2. The number of carbonyl (C=O) groups is 1. The summed E-state index contributed by atoms with van der Waals surface area (Å²) in [5, 5.41) is 1.04. The van der Waals surface area contributed by atoms with Crippen LogP contribution in [0.3, 0.4) is 0 Å². The third-order valence-electron chi connectivity index (χ3n) is 4.76. The zero-order valence-corrected chi connectivity index (χ0v) is 14.0. The highest BCUT2D eigenvalue weighted by molar-refractivity contribution is 7.18. The number of hydrogen-bond donors (Lipinski definition) is 0. The van der Waals surface area contributed by atoms with Gasteiger partial charge < -0.3 is 9.64 Å². The van der Waals surface area contributed by atoms with Gasteiger partial charge in [-0.25, -0.2) is 9.97 Å². The maximum Gasteiger partial charge on any atom is 0.260 e. The van der Waals surface area contributed by atoms with Gasteiger partial charge in [0.05, 0.1) is 5.39 Å². The van der Waals surface area contributed by atoms with Gasteiger partial charge in [0.25, 0.3) is 5.91 Å². The van der Waals surface area contributed by atoms with E-state index in [4.69, 9.17) is 4.74 Å². The first-order valence-corrected chi connectivity index (χ1v) is 9.30. The molecular weight excluding hydrogens is 310 g/mol. The van der Waals surface area contributed by atoms with Crippen LogP contribution in [0.5, 0.6) is 5.88 Å². The van der Waals surface area contributed by atoms with E-state index in [9.17, 15) is 4.79 Å². The van der Waals surface area contributed by atoms with Crippen molar-refractivity contribution in [3.05, 3.63) is 16.8 Å². The minimum atomic E-state index is 0.0746. The second-order valence-electron chi connectivity index (χ2n) is 6.30. The smallest absolute Gasteiger partial charge is 0.260 e. The number of fused-ring (bicyclic) bond motifs is 3. The van der Waals surface area contributed by atoms with Crippen molar-refractivity contribution < 1.29 is 9.53 Å². The molecule has 0 spiro atoms. The number of hydrogen-bond acceptors (Lipinski definition) is 5. The van der Waals surface area contributed by atoms with Crippen molar-refractivity contribution in [2.45, 2.75) is 44.9 Å². The summed E-state index contributed by atoms with van der Waals surface area (Å²) in [4.78, 5) is 25.4. The molecule has 5 nitrogen and oxygen atoms in total. The molecule has 1 aliphatic carbocycles.